The Hall–Kier alpha value is -1.07. The van der Waals surface area contributed by atoms with Crippen LogP contribution in [-0.2, 0) is 4.79 Å². The van der Waals surface area contributed by atoms with Crippen molar-refractivity contribution in [3.8, 4) is 0 Å². The predicted octanol–water partition coefficient (Wildman–Crippen LogP) is 4.44. The van der Waals surface area contributed by atoms with E-state index < -0.39 is 0 Å². The second kappa shape index (κ2) is 11.5. The average molecular weight is 423 g/mol. The molecule has 176 valence electrons. The van der Waals surface area contributed by atoms with Gasteiger partial charge in [-0.3, -0.25) is 14.6 Å². The monoisotopic (exact) mass is 422 g/mol. The maximum atomic E-state index is 11.6. The Bertz CT molecular complexity index is 538. The lowest BCUT2D eigenvalue weighted by molar-refractivity contribution is -0.132. The summed E-state index contributed by atoms with van der Waals surface area (Å²) in [7, 11) is 1.95. The van der Waals surface area contributed by atoms with Crippen molar-refractivity contribution in [1.29, 1.82) is 0 Å². The molecule has 30 heavy (non-hydrogen) atoms. The van der Waals surface area contributed by atoms with Gasteiger partial charge < -0.3 is 9.80 Å². The molecule has 2 heterocycles. The summed E-state index contributed by atoms with van der Waals surface area (Å²) < 4.78 is 0. The summed E-state index contributed by atoms with van der Waals surface area (Å²) in [5, 5.41) is 0. The highest BCUT2D eigenvalue weighted by molar-refractivity contribution is 5.75. The van der Waals surface area contributed by atoms with Gasteiger partial charge in [0.1, 0.15) is 0 Å². The second-order valence-corrected chi connectivity index (χ2v) is 11.0. The molecule has 2 aliphatic heterocycles. The van der Waals surface area contributed by atoms with Gasteiger partial charge in [0.05, 0.1) is 0 Å². The van der Waals surface area contributed by atoms with E-state index in [2.05, 4.69) is 69.7 Å². The van der Waals surface area contributed by atoms with Crippen molar-refractivity contribution < 1.29 is 4.79 Å². The van der Waals surface area contributed by atoms with Crippen molar-refractivity contribution in [2.75, 3.05) is 46.3 Å². The molecule has 0 aromatic rings. The fraction of sp³-hybridized carbons (Fsp3) is 0.880. The van der Waals surface area contributed by atoms with Crippen LogP contribution in [0.2, 0.25) is 0 Å². The van der Waals surface area contributed by atoms with Crippen molar-refractivity contribution in [3.63, 3.8) is 0 Å². The summed E-state index contributed by atoms with van der Waals surface area (Å²) in [5.41, 5.74) is 1.78. The SMILES string of the molecule is C=C(C)N1CCCN(C(C)(C)C)CC1.CCC(=O)N(C)C1CCN(C(C)(C)C)CC1. The molecule has 2 aliphatic rings. The number of nitrogens with zero attached hydrogens (tertiary/aromatic N) is 4. The van der Waals surface area contributed by atoms with Gasteiger partial charge in [-0.2, -0.15) is 0 Å². The number of carbonyl (C=O) groups is 1. The van der Waals surface area contributed by atoms with Crippen LogP contribution in [0.4, 0.5) is 0 Å². The Balaban J connectivity index is 0.000000303. The van der Waals surface area contributed by atoms with Crippen LogP contribution in [0.1, 0.15) is 81.1 Å². The molecular formula is C25H50N4O. The Kier molecular flexibility index (Phi) is 10.4. The third kappa shape index (κ3) is 8.58. The third-order valence-electron chi connectivity index (χ3n) is 6.64. The van der Waals surface area contributed by atoms with Gasteiger partial charge in [-0.25, -0.2) is 0 Å². The van der Waals surface area contributed by atoms with Crippen molar-refractivity contribution in [2.24, 2.45) is 0 Å². The number of carbonyl (C=O) groups excluding carboxylic acids is 1. The lowest BCUT2D eigenvalue weighted by Crippen LogP contribution is -2.51. The highest BCUT2D eigenvalue weighted by atomic mass is 16.2. The molecule has 2 fully saturated rings. The van der Waals surface area contributed by atoms with E-state index in [4.69, 9.17) is 0 Å². The zero-order valence-electron chi connectivity index (χ0n) is 21.6. The number of allylic oxidation sites excluding steroid dienone is 1. The maximum absolute atomic E-state index is 11.6. The number of rotatable bonds is 3. The van der Waals surface area contributed by atoms with Crippen LogP contribution in [0, 0.1) is 0 Å². The third-order valence-corrected chi connectivity index (χ3v) is 6.64. The lowest BCUT2D eigenvalue weighted by atomic mass is 9.97. The molecule has 0 spiro atoms. The van der Waals surface area contributed by atoms with Crippen LogP contribution >= 0.6 is 0 Å². The molecule has 2 rings (SSSR count). The van der Waals surface area contributed by atoms with E-state index in [1.807, 2.05) is 18.9 Å². The molecule has 0 radical (unpaired) electrons. The van der Waals surface area contributed by atoms with Gasteiger partial charge in [0, 0.05) is 75.6 Å². The van der Waals surface area contributed by atoms with Gasteiger partial charge in [-0.15, -0.1) is 0 Å². The molecule has 0 N–H and O–H groups in total. The number of hydrogen-bond donors (Lipinski definition) is 0. The fourth-order valence-corrected chi connectivity index (χ4v) is 4.35. The molecule has 5 nitrogen and oxygen atoms in total. The topological polar surface area (TPSA) is 30.0 Å². The second-order valence-electron chi connectivity index (χ2n) is 11.0. The van der Waals surface area contributed by atoms with Crippen LogP contribution in [0.25, 0.3) is 0 Å². The van der Waals surface area contributed by atoms with Gasteiger partial charge in [0.15, 0.2) is 0 Å². The van der Waals surface area contributed by atoms with Crippen LogP contribution in [0.5, 0.6) is 0 Å². The molecule has 0 aromatic heterocycles. The molecular weight excluding hydrogens is 372 g/mol. The first kappa shape index (κ1) is 27.0. The van der Waals surface area contributed by atoms with Gasteiger partial charge in [0.2, 0.25) is 5.91 Å². The van der Waals surface area contributed by atoms with E-state index in [9.17, 15) is 4.79 Å². The molecule has 1 amide bonds. The van der Waals surface area contributed by atoms with Gasteiger partial charge in [-0.1, -0.05) is 13.5 Å². The Morgan fingerprint density at radius 1 is 0.900 bits per heavy atom. The number of piperidine rings is 1. The molecule has 0 saturated carbocycles. The van der Waals surface area contributed by atoms with E-state index in [0.29, 0.717) is 18.0 Å². The largest absolute Gasteiger partial charge is 0.374 e. The first-order chi connectivity index (χ1) is 13.8. The van der Waals surface area contributed by atoms with E-state index in [0.717, 1.165) is 39.0 Å². The Morgan fingerprint density at radius 3 is 1.83 bits per heavy atom. The number of likely N-dealkylation sites (tertiary alicyclic amines) is 1. The fourth-order valence-electron chi connectivity index (χ4n) is 4.35. The van der Waals surface area contributed by atoms with Crippen LogP contribution in [0.15, 0.2) is 12.3 Å². The summed E-state index contributed by atoms with van der Waals surface area (Å²) in [6, 6.07) is 0.450. The first-order valence-electron chi connectivity index (χ1n) is 11.9. The van der Waals surface area contributed by atoms with Gasteiger partial charge in [0.25, 0.3) is 0 Å². The van der Waals surface area contributed by atoms with Crippen LogP contribution < -0.4 is 0 Å². The maximum Gasteiger partial charge on any atom is 0.222 e. The normalized spacial score (nSPS) is 20.2. The summed E-state index contributed by atoms with van der Waals surface area (Å²) >= 11 is 0. The number of hydrogen-bond acceptors (Lipinski definition) is 4. The summed E-state index contributed by atoms with van der Waals surface area (Å²) in [4.78, 5) is 21.0. The average Bonchev–Trinajstić information content (AvgIpc) is 2.93. The minimum atomic E-state index is 0.262. The van der Waals surface area contributed by atoms with Crippen LogP contribution in [-0.4, -0.2) is 88.9 Å². The molecule has 5 heteroatoms. The Morgan fingerprint density at radius 2 is 1.40 bits per heavy atom. The van der Waals surface area contributed by atoms with Gasteiger partial charge >= 0.3 is 0 Å². The zero-order valence-corrected chi connectivity index (χ0v) is 21.6. The molecule has 0 aliphatic carbocycles. The lowest BCUT2D eigenvalue weighted by Gasteiger charge is -2.43. The van der Waals surface area contributed by atoms with Crippen molar-refractivity contribution in [3.05, 3.63) is 12.3 Å². The minimum Gasteiger partial charge on any atom is -0.374 e. The van der Waals surface area contributed by atoms with E-state index in [1.54, 1.807) is 0 Å². The van der Waals surface area contributed by atoms with Crippen molar-refractivity contribution in [2.45, 2.75) is 98.2 Å². The molecule has 0 aromatic carbocycles. The first-order valence-corrected chi connectivity index (χ1v) is 11.9. The minimum absolute atomic E-state index is 0.262. The zero-order chi connectivity index (χ0) is 23.1. The van der Waals surface area contributed by atoms with E-state index in [1.165, 1.54) is 25.2 Å². The Labute approximate surface area is 187 Å². The highest BCUT2D eigenvalue weighted by Gasteiger charge is 2.29. The highest BCUT2D eigenvalue weighted by Crippen LogP contribution is 2.22. The van der Waals surface area contributed by atoms with E-state index in [-0.39, 0.29) is 11.4 Å². The number of amides is 1. The van der Waals surface area contributed by atoms with Gasteiger partial charge in [-0.05, 0) is 67.7 Å². The molecule has 0 unspecified atom stereocenters. The summed E-state index contributed by atoms with van der Waals surface area (Å²) in [6.45, 7) is 28.6. The molecule has 0 atom stereocenters. The molecule has 0 bridgehead atoms. The van der Waals surface area contributed by atoms with Crippen LogP contribution in [0.3, 0.4) is 0 Å². The smallest absolute Gasteiger partial charge is 0.222 e. The standard InChI is InChI=1S/C13H26N2O.C12H24N2/c1-6-12(16)14(5)11-7-9-15(10-8-11)13(2,3)4;1-11(2)13-7-6-8-14(10-9-13)12(3,4)5/h11H,6-10H2,1-5H3;1,6-10H2,2-5H3. The van der Waals surface area contributed by atoms with E-state index >= 15 is 0 Å². The summed E-state index contributed by atoms with van der Waals surface area (Å²) in [6.07, 6.45) is 4.10. The summed E-state index contributed by atoms with van der Waals surface area (Å²) in [5.74, 6) is 0.272. The van der Waals surface area contributed by atoms with Crippen molar-refractivity contribution in [1.82, 2.24) is 19.6 Å². The predicted molar refractivity (Wildman–Crippen MR) is 130 cm³/mol. The van der Waals surface area contributed by atoms with Crippen molar-refractivity contribution >= 4 is 5.91 Å². The quantitative estimate of drug-likeness (QED) is 0.672. The molecule has 2 saturated heterocycles.